The van der Waals surface area contributed by atoms with Crippen LogP contribution in [0.5, 0.6) is 5.75 Å². The Morgan fingerprint density at radius 3 is 2.83 bits per heavy atom. The second-order valence-electron chi connectivity index (χ2n) is 5.78. The highest BCUT2D eigenvalue weighted by atomic mass is 79.9. The Kier molecular flexibility index (Phi) is 7.83. The summed E-state index contributed by atoms with van der Waals surface area (Å²) in [7, 11) is 0. The first kappa shape index (κ1) is 18.2. The molecule has 2 aromatic rings. The van der Waals surface area contributed by atoms with Gasteiger partial charge in [0.25, 0.3) is 0 Å². The number of hydrogen-bond donors (Lipinski definition) is 0. The molecule has 1 aromatic heterocycles. The first-order chi connectivity index (χ1) is 11.2. The lowest BCUT2D eigenvalue weighted by Crippen LogP contribution is -1.97. The number of allylic oxidation sites excluding steroid dienone is 3. The number of unbranched alkanes of at least 4 members (excludes halogenated alkanes) is 3. The molecule has 4 heteroatoms. The highest BCUT2D eigenvalue weighted by molar-refractivity contribution is 9.09. The van der Waals surface area contributed by atoms with Crippen molar-refractivity contribution in [3.63, 3.8) is 0 Å². The minimum Gasteiger partial charge on any atom is -0.494 e. The number of halogens is 1. The SMILES string of the molecule is CC(C)=C/C=C/c1nsc2cc(OCCCCCCBr)ccc12. The van der Waals surface area contributed by atoms with Crippen LogP contribution in [0.2, 0.25) is 0 Å². The van der Waals surface area contributed by atoms with E-state index in [9.17, 15) is 0 Å². The predicted molar refractivity (Wildman–Crippen MR) is 106 cm³/mol. The van der Waals surface area contributed by atoms with E-state index in [0.717, 1.165) is 29.8 Å². The zero-order valence-electron chi connectivity index (χ0n) is 13.8. The monoisotopic (exact) mass is 393 g/mol. The van der Waals surface area contributed by atoms with Gasteiger partial charge < -0.3 is 4.74 Å². The molecule has 0 unspecified atom stereocenters. The van der Waals surface area contributed by atoms with E-state index in [4.69, 9.17) is 4.74 Å². The van der Waals surface area contributed by atoms with Gasteiger partial charge in [-0.15, -0.1) is 0 Å². The van der Waals surface area contributed by atoms with Crippen LogP contribution in [0.25, 0.3) is 16.2 Å². The van der Waals surface area contributed by atoms with Crippen LogP contribution in [0.15, 0.2) is 35.9 Å². The van der Waals surface area contributed by atoms with Gasteiger partial charge in [-0.25, -0.2) is 0 Å². The highest BCUT2D eigenvalue weighted by Crippen LogP contribution is 2.28. The van der Waals surface area contributed by atoms with Gasteiger partial charge in [0.1, 0.15) is 5.75 Å². The molecular formula is C19H24BrNOS. The second-order valence-corrected chi connectivity index (χ2v) is 7.38. The van der Waals surface area contributed by atoms with Crippen LogP contribution in [0, 0.1) is 0 Å². The van der Waals surface area contributed by atoms with Gasteiger partial charge in [0.15, 0.2) is 0 Å². The van der Waals surface area contributed by atoms with Crippen LogP contribution in [0.4, 0.5) is 0 Å². The summed E-state index contributed by atoms with van der Waals surface area (Å²) in [4.78, 5) is 0. The average Bonchev–Trinajstić information content (AvgIpc) is 2.93. The van der Waals surface area contributed by atoms with Gasteiger partial charge in [-0.2, -0.15) is 4.37 Å². The van der Waals surface area contributed by atoms with Gasteiger partial charge >= 0.3 is 0 Å². The van der Waals surface area contributed by atoms with Crippen molar-refractivity contribution in [2.75, 3.05) is 11.9 Å². The van der Waals surface area contributed by atoms with Crippen LogP contribution in [0.1, 0.15) is 45.2 Å². The first-order valence-corrected chi connectivity index (χ1v) is 10.00. The number of rotatable bonds is 9. The third kappa shape index (κ3) is 6.11. The zero-order chi connectivity index (χ0) is 16.5. The molecule has 2 rings (SSSR count). The summed E-state index contributed by atoms with van der Waals surface area (Å²) < 4.78 is 11.6. The van der Waals surface area contributed by atoms with Gasteiger partial charge in [0, 0.05) is 10.7 Å². The maximum absolute atomic E-state index is 5.86. The minimum atomic E-state index is 0.792. The van der Waals surface area contributed by atoms with Crippen LogP contribution in [-0.2, 0) is 0 Å². The van der Waals surface area contributed by atoms with E-state index < -0.39 is 0 Å². The van der Waals surface area contributed by atoms with E-state index in [1.54, 1.807) is 0 Å². The lowest BCUT2D eigenvalue weighted by atomic mass is 10.2. The Labute approximate surface area is 151 Å². The Bertz CT molecular complexity index is 671. The summed E-state index contributed by atoms with van der Waals surface area (Å²) in [6.45, 7) is 4.97. The summed E-state index contributed by atoms with van der Waals surface area (Å²) in [6, 6.07) is 6.26. The number of alkyl halides is 1. The molecule has 0 aliphatic heterocycles. The molecule has 23 heavy (non-hydrogen) atoms. The van der Waals surface area contributed by atoms with Crippen LogP contribution >= 0.6 is 27.5 Å². The fourth-order valence-corrected chi connectivity index (χ4v) is 3.41. The van der Waals surface area contributed by atoms with Gasteiger partial charge in [-0.05, 0) is 62.5 Å². The van der Waals surface area contributed by atoms with Crippen LogP contribution in [-0.4, -0.2) is 16.3 Å². The predicted octanol–water partition coefficient (Wildman–Crippen LogP) is 6.61. The molecular weight excluding hydrogens is 370 g/mol. The zero-order valence-corrected chi connectivity index (χ0v) is 16.3. The molecule has 0 saturated heterocycles. The molecule has 0 N–H and O–H groups in total. The first-order valence-electron chi connectivity index (χ1n) is 8.10. The number of ether oxygens (including phenoxy) is 1. The second kappa shape index (κ2) is 9.89. The van der Waals surface area contributed by atoms with Gasteiger partial charge in [-0.3, -0.25) is 0 Å². The van der Waals surface area contributed by atoms with E-state index in [1.807, 2.05) is 6.07 Å². The molecule has 1 aromatic carbocycles. The largest absolute Gasteiger partial charge is 0.494 e. The fraction of sp³-hybridized carbons (Fsp3) is 0.421. The molecule has 0 spiro atoms. The molecule has 0 radical (unpaired) electrons. The van der Waals surface area contributed by atoms with E-state index in [2.05, 4.69) is 64.5 Å². The standard InChI is InChI=1S/C19H24BrNOS/c1-15(2)8-7-9-18-17-11-10-16(14-19(17)23-21-18)22-13-6-4-3-5-12-20/h7-11,14H,3-6,12-13H2,1-2H3/b9-7+. The van der Waals surface area contributed by atoms with E-state index in [0.29, 0.717) is 0 Å². The Balaban J connectivity index is 1.93. The summed E-state index contributed by atoms with van der Waals surface area (Å²) in [6.07, 6.45) is 11.1. The van der Waals surface area contributed by atoms with Gasteiger partial charge in [-0.1, -0.05) is 46.5 Å². The molecule has 0 aliphatic carbocycles. The molecule has 0 aliphatic rings. The molecule has 2 nitrogen and oxygen atoms in total. The van der Waals surface area contributed by atoms with Crippen molar-refractivity contribution in [3.8, 4) is 5.75 Å². The number of hydrogen-bond acceptors (Lipinski definition) is 3. The van der Waals surface area contributed by atoms with Crippen molar-refractivity contribution < 1.29 is 4.74 Å². The van der Waals surface area contributed by atoms with E-state index in [1.165, 1.54) is 46.5 Å². The van der Waals surface area contributed by atoms with Crippen molar-refractivity contribution in [2.45, 2.75) is 39.5 Å². The number of aromatic nitrogens is 1. The van der Waals surface area contributed by atoms with Gasteiger partial charge in [0.05, 0.1) is 17.0 Å². The summed E-state index contributed by atoms with van der Waals surface area (Å²) in [5.41, 5.74) is 2.32. The number of nitrogens with zero attached hydrogens (tertiary/aromatic N) is 1. The molecule has 0 atom stereocenters. The topological polar surface area (TPSA) is 22.1 Å². The third-order valence-electron chi connectivity index (χ3n) is 3.45. The highest BCUT2D eigenvalue weighted by Gasteiger charge is 2.05. The average molecular weight is 394 g/mol. The Hall–Kier alpha value is -1.13. The van der Waals surface area contributed by atoms with Crippen molar-refractivity contribution in [2.24, 2.45) is 0 Å². The molecule has 0 saturated carbocycles. The normalized spacial score (nSPS) is 11.3. The van der Waals surface area contributed by atoms with Crippen molar-refractivity contribution in [1.82, 2.24) is 4.37 Å². The molecule has 124 valence electrons. The summed E-state index contributed by atoms with van der Waals surface area (Å²) >= 11 is 4.99. The molecule has 1 heterocycles. The lowest BCUT2D eigenvalue weighted by molar-refractivity contribution is 0.305. The maximum atomic E-state index is 5.86. The Morgan fingerprint density at radius 2 is 2.04 bits per heavy atom. The smallest absolute Gasteiger partial charge is 0.120 e. The molecule has 0 bridgehead atoms. The number of benzene rings is 1. The van der Waals surface area contributed by atoms with E-state index >= 15 is 0 Å². The lowest BCUT2D eigenvalue weighted by Gasteiger charge is -2.05. The third-order valence-corrected chi connectivity index (χ3v) is 4.83. The van der Waals surface area contributed by atoms with Crippen LogP contribution < -0.4 is 4.74 Å². The van der Waals surface area contributed by atoms with Crippen molar-refractivity contribution in [1.29, 1.82) is 0 Å². The number of fused-ring (bicyclic) bond motifs is 1. The molecule has 0 amide bonds. The quantitative estimate of drug-likeness (QED) is 0.271. The Morgan fingerprint density at radius 1 is 1.22 bits per heavy atom. The van der Waals surface area contributed by atoms with Crippen LogP contribution in [0.3, 0.4) is 0 Å². The van der Waals surface area contributed by atoms with Crippen molar-refractivity contribution in [3.05, 3.63) is 41.6 Å². The minimum absolute atomic E-state index is 0.792. The summed E-state index contributed by atoms with van der Waals surface area (Å²) in [5, 5.41) is 2.29. The van der Waals surface area contributed by atoms with Crippen molar-refractivity contribution >= 4 is 43.6 Å². The van der Waals surface area contributed by atoms with Gasteiger partial charge in [0.2, 0.25) is 0 Å². The fourth-order valence-electron chi connectivity index (χ4n) is 2.22. The maximum Gasteiger partial charge on any atom is 0.120 e. The summed E-state index contributed by atoms with van der Waals surface area (Å²) in [5.74, 6) is 0.946. The molecule has 0 fully saturated rings. The van der Waals surface area contributed by atoms with E-state index in [-0.39, 0.29) is 0 Å².